The highest BCUT2D eigenvalue weighted by Gasteiger charge is 2.48. The SMILES string of the molecule is CC(S)C(C(=O)O)C1CC1F. The third-order valence-electron chi connectivity index (χ3n) is 2.02. The molecule has 1 saturated carbocycles. The summed E-state index contributed by atoms with van der Waals surface area (Å²) >= 11 is 4.00. The fourth-order valence-corrected chi connectivity index (χ4v) is 1.65. The van der Waals surface area contributed by atoms with E-state index >= 15 is 0 Å². The normalized spacial score (nSPS) is 34.5. The van der Waals surface area contributed by atoms with Gasteiger partial charge in [0.05, 0.1) is 5.92 Å². The van der Waals surface area contributed by atoms with Gasteiger partial charge in [0.25, 0.3) is 0 Å². The molecule has 4 heteroatoms. The molecule has 4 atom stereocenters. The maximum absolute atomic E-state index is 12.4. The molecular formula is C7H11FO2S. The van der Waals surface area contributed by atoms with E-state index < -0.39 is 18.1 Å². The summed E-state index contributed by atoms with van der Waals surface area (Å²) in [6, 6.07) is 0. The maximum atomic E-state index is 12.4. The lowest BCUT2D eigenvalue weighted by Crippen LogP contribution is -2.24. The maximum Gasteiger partial charge on any atom is 0.307 e. The number of thiol groups is 1. The Kier molecular flexibility index (Phi) is 2.42. The van der Waals surface area contributed by atoms with Crippen molar-refractivity contribution in [2.24, 2.45) is 11.8 Å². The average molecular weight is 178 g/mol. The molecule has 2 nitrogen and oxygen atoms in total. The summed E-state index contributed by atoms with van der Waals surface area (Å²) < 4.78 is 12.4. The van der Waals surface area contributed by atoms with Gasteiger partial charge < -0.3 is 5.11 Å². The van der Waals surface area contributed by atoms with Crippen LogP contribution in [-0.4, -0.2) is 22.5 Å². The second-order valence-electron chi connectivity index (χ2n) is 3.02. The van der Waals surface area contributed by atoms with Crippen LogP contribution in [0.2, 0.25) is 0 Å². The lowest BCUT2D eigenvalue weighted by molar-refractivity contribution is -0.142. The number of hydrogen-bond acceptors (Lipinski definition) is 2. The molecule has 1 N–H and O–H groups in total. The van der Waals surface area contributed by atoms with Crippen LogP contribution in [-0.2, 0) is 4.79 Å². The summed E-state index contributed by atoms with van der Waals surface area (Å²) in [6.07, 6.45) is -0.521. The molecule has 0 aliphatic heterocycles. The van der Waals surface area contributed by atoms with Crippen LogP contribution in [0.4, 0.5) is 4.39 Å². The van der Waals surface area contributed by atoms with Gasteiger partial charge in [-0.15, -0.1) is 0 Å². The number of rotatable bonds is 3. The standard InChI is InChI=1S/C7H11FO2S/c1-3(11)6(7(9)10)4-2-5(4)8/h3-6,11H,2H2,1H3,(H,9,10). The van der Waals surface area contributed by atoms with Crippen molar-refractivity contribution in [2.45, 2.75) is 24.8 Å². The van der Waals surface area contributed by atoms with E-state index in [0.717, 1.165) is 0 Å². The van der Waals surface area contributed by atoms with Crippen molar-refractivity contribution < 1.29 is 14.3 Å². The summed E-state index contributed by atoms with van der Waals surface area (Å²) in [6.45, 7) is 1.69. The van der Waals surface area contributed by atoms with E-state index in [1.54, 1.807) is 6.92 Å². The molecule has 1 aliphatic rings. The van der Waals surface area contributed by atoms with Gasteiger partial charge in [-0.05, 0) is 6.42 Å². The highest BCUT2D eigenvalue weighted by Crippen LogP contribution is 2.42. The topological polar surface area (TPSA) is 37.3 Å². The minimum atomic E-state index is -0.933. The monoisotopic (exact) mass is 178 g/mol. The van der Waals surface area contributed by atoms with Crippen LogP contribution < -0.4 is 0 Å². The molecule has 11 heavy (non-hydrogen) atoms. The Morgan fingerprint density at radius 3 is 2.36 bits per heavy atom. The first-order valence-electron chi connectivity index (χ1n) is 3.59. The van der Waals surface area contributed by atoms with E-state index in [0.29, 0.717) is 6.42 Å². The van der Waals surface area contributed by atoms with Crippen molar-refractivity contribution in [3.05, 3.63) is 0 Å². The van der Waals surface area contributed by atoms with Gasteiger partial charge in [-0.1, -0.05) is 6.92 Å². The van der Waals surface area contributed by atoms with Gasteiger partial charge in [-0.3, -0.25) is 4.79 Å². The van der Waals surface area contributed by atoms with E-state index in [1.807, 2.05) is 0 Å². The summed E-state index contributed by atoms with van der Waals surface area (Å²) in [5.41, 5.74) is 0. The number of carbonyl (C=O) groups is 1. The molecule has 0 spiro atoms. The predicted molar refractivity (Wildman–Crippen MR) is 42.6 cm³/mol. The van der Waals surface area contributed by atoms with Crippen LogP contribution in [0.5, 0.6) is 0 Å². The molecule has 0 aromatic carbocycles. The van der Waals surface area contributed by atoms with Crippen molar-refractivity contribution in [1.29, 1.82) is 0 Å². The zero-order valence-electron chi connectivity index (χ0n) is 6.20. The van der Waals surface area contributed by atoms with Crippen LogP contribution >= 0.6 is 12.6 Å². The molecule has 0 bridgehead atoms. The highest BCUT2D eigenvalue weighted by molar-refractivity contribution is 7.81. The van der Waals surface area contributed by atoms with E-state index in [1.165, 1.54) is 0 Å². The van der Waals surface area contributed by atoms with Crippen molar-refractivity contribution in [1.82, 2.24) is 0 Å². The second kappa shape index (κ2) is 3.01. The van der Waals surface area contributed by atoms with Crippen molar-refractivity contribution in [2.75, 3.05) is 0 Å². The minimum absolute atomic E-state index is 0.266. The zero-order chi connectivity index (χ0) is 8.59. The van der Waals surface area contributed by atoms with Crippen LogP contribution in [0, 0.1) is 11.8 Å². The molecule has 1 fully saturated rings. The van der Waals surface area contributed by atoms with Gasteiger partial charge in [-0.2, -0.15) is 12.6 Å². The Morgan fingerprint density at radius 2 is 2.27 bits per heavy atom. The molecule has 0 radical (unpaired) electrons. The number of hydrogen-bond donors (Lipinski definition) is 2. The fraction of sp³-hybridized carbons (Fsp3) is 0.857. The Morgan fingerprint density at radius 1 is 1.82 bits per heavy atom. The van der Waals surface area contributed by atoms with E-state index in [4.69, 9.17) is 5.11 Å². The molecule has 4 unspecified atom stereocenters. The lowest BCUT2D eigenvalue weighted by atomic mass is 10.0. The first kappa shape index (κ1) is 8.84. The number of halogens is 1. The highest BCUT2D eigenvalue weighted by atomic mass is 32.1. The van der Waals surface area contributed by atoms with E-state index in [2.05, 4.69) is 12.6 Å². The van der Waals surface area contributed by atoms with Gasteiger partial charge >= 0.3 is 5.97 Å². The van der Waals surface area contributed by atoms with Crippen LogP contribution in [0.1, 0.15) is 13.3 Å². The fourth-order valence-electron chi connectivity index (χ4n) is 1.30. The summed E-state index contributed by atoms with van der Waals surface area (Å²) in [7, 11) is 0. The van der Waals surface area contributed by atoms with Crippen molar-refractivity contribution >= 4 is 18.6 Å². The van der Waals surface area contributed by atoms with Gasteiger partial charge in [0.2, 0.25) is 0 Å². The average Bonchev–Trinajstić information content (AvgIpc) is 2.44. The molecule has 0 amide bonds. The summed E-state index contributed by atoms with van der Waals surface area (Å²) in [4.78, 5) is 10.6. The Bertz CT molecular complexity index is 172. The largest absolute Gasteiger partial charge is 0.481 e. The quantitative estimate of drug-likeness (QED) is 0.640. The van der Waals surface area contributed by atoms with Crippen LogP contribution in [0.3, 0.4) is 0 Å². The second-order valence-corrected chi connectivity index (χ2v) is 3.83. The number of carboxylic acids is 1. The molecule has 0 heterocycles. The third kappa shape index (κ3) is 1.86. The number of carboxylic acid groups (broad SMARTS) is 1. The molecule has 0 saturated heterocycles. The first-order chi connectivity index (χ1) is 5.04. The summed E-state index contributed by atoms with van der Waals surface area (Å²) in [5.74, 6) is -1.84. The van der Waals surface area contributed by atoms with Gasteiger partial charge in [0, 0.05) is 11.2 Å². The smallest absolute Gasteiger partial charge is 0.307 e. The molecular weight excluding hydrogens is 167 g/mol. The minimum Gasteiger partial charge on any atom is -0.481 e. The van der Waals surface area contributed by atoms with E-state index in [-0.39, 0.29) is 11.2 Å². The number of aliphatic carboxylic acids is 1. The van der Waals surface area contributed by atoms with Crippen LogP contribution in [0.25, 0.3) is 0 Å². The van der Waals surface area contributed by atoms with Crippen LogP contribution in [0.15, 0.2) is 0 Å². The summed E-state index contributed by atoms with van der Waals surface area (Å²) in [5, 5.41) is 8.39. The Balaban J connectivity index is 2.54. The van der Waals surface area contributed by atoms with Crippen molar-refractivity contribution in [3.8, 4) is 0 Å². The first-order valence-corrected chi connectivity index (χ1v) is 4.10. The third-order valence-corrected chi connectivity index (χ3v) is 2.35. The Hall–Kier alpha value is -0.250. The van der Waals surface area contributed by atoms with Gasteiger partial charge in [-0.25, -0.2) is 4.39 Å². The zero-order valence-corrected chi connectivity index (χ0v) is 7.09. The van der Waals surface area contributed by atoms with E-state index in [9.17, 15) is 9.18 Å². The molecule has 0 aromatic rings. The molecule has 0 aromatic heterocycles. The Labute approximate surface area is 70.2 Å². The van der Waals surface area contributed by atoms with Gasteiger partial charge in [0.1, 0.15) is 6.17 Å². The molecule has 64 valence electrons. The molecule has 1 rings (SSSR count). The number of alkyl halides is 1. The lowest BCUT2D eigenvalue weighted by Gasteiger charge is -2.13. The predicted octanol–water partition coefficient (Wildman–Crippen LogP) is 1.36. The molecule has 1 aliphatic carbocycles. The van der Waals surface area contributed by atoms with Crippen molar-refractivity contribution in [3.63, 3.8) is 0 Å². The van der Waals surface area contributed by atoms with Gasteiger partial charge in [0.15, 0.2) is 0 Å².